The summed E-state index contributed by atoms with van der Waals surface area (Å²) in [7, 11) is 0. The van der Waals surface area contributed by atoms with Crippen LogP contribution in [0.1, 0.15) is 0 Å². The van der Waals surface area contributed by atoms with Gasteiger partial charge in [0.25, 0.3) is 0 Å². The number of aromatic nitrogens is 4. The van der Waals surface area contributed by atoms with Gasteiger partial charge in [0.05, 0.1) is 0 Å². The average Bonchev–Trinajstić information content (AvgIpc) is 3.86. The maximum atomic E-state index is 6.89. The summed E-state index contributed by atoms with van der Waals surface area (Å²) in [5.41, 5.74) is 10.0. The van der Waals surface area contributed by atoms with Gasteiger partial charge < -0.3 is 8.83 Å². The number of fused-ring (bicyclic) bond motifs is 8. The number of rotatable bonds is 5. The molecule has 0 aliphatic carbocycles. The van der Waals surface area contributed by atoms with Crippen LogP contribution in [0.2, 0.25) is 0 Å². The first-order valence-corrected chi connectivity index (χ1v) is 19.3. The van der Waals surface area contributed by atoms with Crippen molar-refractivity contribution in [3.63, 3.8) is 0 Å². The van der Waals surface area contributed by atoms with Crippen LogP contribution in [-0.2, 0) is 0 Å². The molecule has 0 amide bonds. The van der Waals surface area contributed by atoms with Gasteiger partial charge in [0.2, 0.25) is 0 Å². The second-order valence-electron chi connectivity index (χ2n) is 14.6. The van der Waals surface area contributed by atoms with Crippen molar-refractivity contribution < 1.29 is 8.83 Å². The van der Waals surface area contributed by atoms with E-state index in [4.69, 9.17) is 23.8 Å². The number of nitrogens with zero attached hydrogens (tertiary/aromatic N) is 4. The molecule has 0 bridgehead atoms. The molecule has 6 nitrogen and oxygen atoms in total. The lowest BCUT2D eigenvalue weighted by Crippen LogP contribution is -2.01. The Bertz CT molecular complexity index is 3570. The van der Waals surface area contributed by atoms with Crippen LogP contribution in [-0.4, -0.2) is 19.9 Å². The minimum absolute atomic E-state index is 0.567. The van der Waals surface area contributed by atoms with E-state index in [1.807, 2.05) is 85.2 Å². The molecule has 12 rings (SSSR count). The van der Waals surface area contributed by atoms with E-state index in [0.717, 1.165) is 104 Å². The summed E-state index contributed by atoms with van der Waals surface area (Å²) in [6.07, 6.45) is 3.73. The summed E-state index contributed by atoms with van der Waals surface area (Å²) < 4.78 is 13.2. The van der Waals surface area contributed by atoms with Crippen molar-refractivity contribution in [2.75, 3.05) is 0 Å². The highest BCUT2D eigenvalue weighted by Gasteiger charge is 2.23. The maximum absolute atomic E-state index is 6.89. The summed E-state index contributed by atoms with van der Waals surface area (Å²) in [6.45, 7) is 0. The first-order valence-electron chi connectivity index (χ1n) is 19.3. The average molecular weight is 743 g/mol. The molecule has 0 radical (unpaired) electrons. The molecule has 0 spiro atoms. The topological polar surface area (TPSA) is 77.8 Å². The van der Waals surface area contributed by atoms with Gasteiger partial charge in [0.15, 0.2) is 17.5 Å². The van der Waals surface area contributed by atoms with Crippen molar-refractivity contribution >= 4 is 65.4 Å². The second kappa shape index (κ2) is 12.8. The minimum atomic E-state index is 0.567. The maximum Gasteiger partial charge on any atom is 0.164 e. The van der Waals surface area contributed by atoms with E-state index in [9.17, 15) is 0 Å². The lowest BCUT2D eigenvalue weighted by atomic mass is 9.90. The predicted molar refractivity (Wildman–Crippen MR) is 234 cm³/mol. The van der Waals surface area contributed by atoms with Gasteiger partial charge >= 0.3 is 0 Å². The highest BCUT2D eigenvalue weighted by molar-refractivity contribution is 6.20. The van der Waals surface area contributed by atoms with Crippen molar-refractivity contribution in [1.29, 1.82) is 0 Å². The Morgan fingerprint density at radius 1 is 0.345 bits per heavy atom. The van der Waals surface area contributed by atoms with Gasteiger partial charge in [-0.2, -0.15) is 0 Å². The van der Waals surface area contributed by atoms with Crippen molar-refractivity contribution in [3.05, 3.63) is 182 Å². The van der Waals surface area contributed by atoms with Gasteiger partial charge in [-0.1, -0.05) is 121 Å². The fourth-order valence-corrected chi connectivity index (χ4v) is 8.47. The molecule has 8 aromatic carbocycles. The lowest BCUT2D eigenvalue weighted by Gasteiger charge is -2.15. The highest BCUT2D eigenvalue weighted by Crippen LogP contribution is 2.46. The summed E-state index contributed by atoms with van der Waals surface area (Å²) in [4.78, 5) is 20.3. The summed E-state index contributed by atoms with van der Waals surface area (Å²) >= 11 is 0. The molecular formula is C52H30N4O2. The molecule has 6 heteroatoms. The zero-order valence-electron chi connectivity index (χ0n) is 30.9. The van der Waals surface area contributed by atoms with E-state index in [2.05, 4.69) is 102 Å². The number of hydrogen-bond donors (Lipinski definition) is 0. The van der Waals surface area contributed by atoms with Crippen LogP contribution in [0.15, 0.2) is 191 Å². The Kier molecular flexibility index (Phi) is 7.13. The minimum Gasteiger partial charge on any atom is -0.456 e. The molecule has 0 fully saturated rings. The van der Waals surface area contributed by atoms with E-state index in [-0.39, 0.29) is 0 Å². The van der Waals surface area contributed by atoms with Gasteiger partial charge in [-0.15, -0.1) is 0 Å². The molecule has 58 heavy (non-hydrogen) atoms. The number of para-hydroxylation sites is 1. The van der Waals surface area contributed by atoms with Gasteiger partial charge in [-0.25, -0.2) is 15.0 Å². The molecular weight excluding hydrogens is 713 g/mol. The highest BCUT2D eigenvalue weighted by atomic mass is 16.3. The smallest absolute Gasteiger partial charge is 0.164 e. The van der Waals surface area contributed by atoms with Crippen molar-refractivity contribution in [2.45, 2.75) is 0 Å². The molecule has 0 atom stereocenters. The third-order valence-corrected chi connectivity index (χ3v) is 11.2. The molecule has 0 aliphatic heterocycles. The van der Waals surface area contributed by atoms with Crippen molar-refractivity contribution in [1.82, 2.24) is 19.9 Å². The molecule has 4 aromatic heterocycles. The van der Waals surface area contributed by atoms with Crippen LogP contribution in [0, 0.1) is 0 Å². The van der Waals surface area contributed by atoms with Crippen LogP contribution in [0.3, 0.4) is 0 Å². The SMILES string of the molecule is c1ccc(-c2nc(-c3cc4ccccc4cc3-c3ccc(-c4ccccc4)c4oc5cc6ccncc6cc5c34)nc(-c3cccc4oc5ccccc5c34)n2)cc1. The van der Waals surface area contributed by atoms with Crippen LogP contribution in [0.4, 0.5) is 0 Å². The fourth-order valence-electron chi connectivity index (χ4n) is 8.47. The molecule has 0 N–H and O–H groups in total. The number of furan rings is 2. The molecule has 0 aliphatic rings. The third kappa shape index (κ3) is 5.12. The Morgan fingerprint density at radius 2 is 1.00 bits per heavy atom. The molecule has 0 saturated carbocycles. The van der Waals surface area contributed by atoms with E-state index in [0.29, 0.717) is 17.5 Å². The van der Waals surface area contributed by atoms with Crippen LogP contribution < -0.4 is 0 Å². The first-order chi connectivity index (χ1) is 28.7. The van der Waals surface area contributed by atoms with Gasteiger partial charge in [0.1, 0.15) is 22.3 Å². The molecule has 4 heterocycles. The first kappa shape index (κ1) is 32.3. The normalized spacial score (nSPS) is 11.8. The number of pyridine rings is 1. The van der Waals surface area contributed by atoms with Crippen LogP contribution in [0.5, 0.6) is 0 Å². The largest absolute Gasteiger partial charge is 0.456 e. The van der Waals surface area contributed by atoms with Gasteiger partial charge in [-0.05, 0) is 81.4 Å². The van der Waals surface area contributed by atoms with Gasteiger partial charge in [-0.3, -0.25) is 4.98 Å². The van der Waals surface area contributed by atoms with E-state index >= 15 is 0 Å². The summed E-state index contributed by atoms with van der Waals surface area (Å²) in [6, 6.07) is 58.4. The van der Waals surface area contributed by atoms with Crippen LogP contribution >= 0.6 is 0 Å². The Morgan fingerprint density at radius 3 is 1.83 bits per heavy atom. The number of benzene rings is 8. The zero-order chi connectivity index (χ0) is 38.2. The molecule has 0 saturated heterocycles. The monoisotopic (exact) mass is 742 g/mol. The van der Waals surface area contributed by atoms with E-state index in [1.165, 1.54) is 0 Å². The Balaban J connectivity index is 1.18. The molecule has 0 unspecified atom stereocenters. The summed E-state index contributed by atoms with van der Waals surface area (Å²) in [5, 5.41) is 8.32. The summed E-state index contributed by atoms with van der Waals surface area (Å²) in [5.74, 6) is 1.72. The Hall–Kier alpha value is -7.96. The third-order valence-electron chi connectivity index (χ3n) is 11.2. The van der Waals surface area contributed by atoms with Crippen molar-refractivity contribution in [2.24, 2.45) is 0 Å². The predicted octanol–water partition coefficient (Wildman–Crippen LogP) is 13.7. The zero-order valence-corrected chi connectivity index (χ0v) is 30.9. The molecule has 12 aromatic rings. The number of hydrogen-bond acceptors (Lipinski definition) is 6. The second-order valence-corrected chi connectivity index (χ2v) is 14.6. The lowest BCUT2D eigenvalue weighted by molar-refractivity contribution is 0.669. The van der Waals surface area contributed by atoms with Gasteiger partial charge in [0, 0.05) is 61.6 Å². The standard InChI is InChI=1S/C52H30N4O2/c1-3-12-31(13-4-1)37-22-23-38(48-43-28-36-30-53-25-24-35(36)29-46(43)58-49(37)48)41-26-33-16-7-8-17-34(33)27-42(41)52-55-50(32-14-5-2-6-15-32)54-51(56-52)40-19-11-21-45-47(40)39-18-9-10-20-44(39)57-45/h1-30H. The van der Waals surface area contributed by atoms with Crippen molar-refractivity contribution in [3.8, 4) is 56.4 Å². The van der Waals surface area contributed by atoms with Crippen LogP contribution in [0.25, 0.3) is 122 Å². The fraction of sp³-hybridized carbons (Fsp3) is 0. The Labute approximate surface area is 331 Å². The quantitative estimate of drug-likeness (QED) is 0.175. The molecule has 270 valence electrons. The van der Waals surface area contributed by atoms with E-state index in [1.54, 1.807) is 0 Å². The van der Waals surface area contributed by atoms with E-state index < -0.39 is 0 Å².